The first-order valence-corrected chi connectivity index (χ1v) is 21.7. The van der Waals surface area contributed by atoms with Crippen LogP contribution >= 0.6 is 11.3 Å². The number of nitrogens with zero attached hydrogens (tertiary/aromatic N) is 4. The summed E-state index contributed by atoms with van der Waals surface area (Å²) in [5.74, 6) is 1.91. The molecule has 0 spiro atoms. The third-order valence-electron chi connectivity index (χ3n) is 11.9. The Bertz CT molecular complexity index is 3570. The first kappa shape index (κ1) is 35.9. The van der Waals surface area contributed by atoms with Crippen molar-refractivity contribution in [2.45, 2.75) is 0 Å². The van der Waals surface area contributed by atoms with Crippen LogP contribution in [0.2, 0.25) is 0 Å². The maximum absolute atomic E-state index is 5.30. The second kappa shape index (κ2) is 14.9. The minimum atomic E-state index is 0.631. The van der Waals surface area contributed by atoms with Crippen LogP contribution in [0, 0.1) is 0 Å². The van der Waals surface area contributed by atoms with Gasteiger partial charge in [0.2, 0.25) is 0 Å². The van der Waals surface area contributed by atoms with Gasteiger partial charge in [-0.1, -0.05) is 182 Å². The molecule has 0 fully saturated rings. The molecule has 62 heavy (non-hydrogen) atoms. The molecule has 0 aliphatic carbocycles. The van der Waals surface area contributed by atoms with Gasteiger partial charge in [-0.25, -0.2) is 15.0 Å². The van der Waals surface area contributed by atoms with Crippen LogP contribution < -0.4 is 0 Å². The smallest absolute Gasteiger partial charge is 0.164 e. The Morgan fingerprint density at radius 3 is 1.40 bits per heavy atom. The lowest BCUT2D eigenvalue weighted by Gasteiger charge is -2.15. The maximum Gasteiger partial charge on any atom is 0.164 e. The average molecular weight is 809 g/mol. The van der Waals surface area contributed by atoms with E-state index < -0.39 is 0 Å². The first-order chi connectivity index (χ1) is 30.7. The molecule has 0 radical (unpaired) electrons. The standard InChI is InChI=1S/C57H36N4S/c1-3-16-37(17-4-1)41-20-13-21-42(36-41)38-32-34-40(35-33-38)56-58-55(39-18-5-2-6-19-39)59-57(60-56)47-26-15-31-52-54(47)53-46(25-14-30-51(53)62-52)45-24-9-12-29-50(45)61-48-27-10-7-22-43(48)44-23-8-11-28-49(44)61/h1-36H. The molecule has 5 heteroatoms. The van der Waals surface area contributed by atoms with Crippen LogP contribution in [0.4, 0.5) is 0 Å². The van der Waals surface area contributed by atoms with Gasteiger partial charge in [0.1, 0.15) is 0 Å². The average Bonchev–Trinajstić information content (AvgIpc) is 3.91. The predicted octanol–water partition coefficient (Wildman–Crippen LogP) is 15.3. The van der Waals surface area contributed by atoms with E-state index in [-0.39, 0.29) is 0 Å². The molecule has 0 aliphatic rings. The Balaban J connectivity index is 1.03. The largest absolute Gasteiger partial charge is 0.309 e. The molecule has 0 saturated carbocycles. The molecule has 12 rings (SSSR count). The van der Waals surface area contributed by atoms with Crippen molar-refractivity contribution in [3.8, 4) is 73.2 Å². The van der Waals surface area contributed by atoms with E-state index in [1.807, 2.05) is 29.5 Å². The van der Waals surface area contributed by atoms with Crippen molar-refractivity contribution in [3.05, 3.63) is 218 Å². The Morgan fingerprint density at radius 1 is 0.306 bits per heavy atom. The summed E-state index contributed by atoms with van der Waals surface area (Å²) in [6, 6.07) is 77.4. The zero-order valence-corrected chi connectivity index (χ0v) is 34.3. The highest BCUT2D eigenvalue weighted by Gasteiger charge is 2.21. The number of rotatable bonds is 7. The van der Waals surface area contributed by atoms with Gasteiger partial charge in [0.05, 0.1) is 16.7 Å². The van der Waals surface area contributed by atoms with Crippen LogP contribution in [0.5, 0.6) is 0 Å². The van der Waals surface area contributed by atoms with Crippen molar-refractivity contribution in [2.75, 3.05) is 0 Å². The SMILES string of the molecule is c1ccc(-c2cccc(-c3ccc(-c4nc(-c5ccccc5)nc(-c5cccc6sc7cccc(-c8ccccc8-n8c9ccccc9c9ccccc98)c7c56)n4)cc3)c2)cc1. The molecular weight excluding hydrogens is 773 g/mol. The summed E-state index contributed by atoms with van der Waals surface area (Å²) in [7, 11) is 0. The molecular formula is C57H36N4S. The van der Waals surface area contributed by atoms with Gasteiger partial charge in [-0.15, -0.1) is 11.3 Å². The van der Waals surface area contributed by atoms with Crippen LogP contribution in [0.3, 0.4) is 0 Å². The number of thiophene rings is 1. The van der Waals surface area contributed by atoms with Gasteiger partial charge in [0.25, 0.3) is 0 Å². The fourth-order valence-corrected chi connectivity index (χ4v) is 10.2. The van der Waals surface area contributed by atoms with E-state index in [0.717, 1.165) is 44.5 Å². The van der Waals surface area contributed by atoms with Crippen LogP contribution in [0.15, 0.2) is 218 Å². The highest BCUT2D eigenvalue weighted by molar-refractivity contribution is 7.26. The first-order valence-electron chi connectivity index (χ1n) is 20.9. The highest BCUT2D eigenvalue weighted by Crippen LogP contribution is 2.46. The normalized spacial score (nSPS) is 11.5. The summed E-state index contributed by atoms with van der Waals surface area (Å²) >= 11 is 1.81. The monoisotopic (exact) mass is 808 g/mol. The van der Waals surface area contributed by atoms with Gasteiger partial charge in [-0.05, 0) is 64.2 Å². The minimum Gasteiger partial charge on any atom is -0.309 e. The predicted molar refractivity (Wildman–Crippen MR) is 260 cm³/mol. The van der Waals surface area contributed by atoms with Gasteiger partial charge < -0.3 is 4.57 Å². The van der Waals surface area contributed by atoms with Gasteiger partial charge in [0.15, 0.2) is 17.5 Å². The van der Waals surface area contributed by atoms with E-state index in [1.165, 1.54) is 53.3 Å². The van der Waals surface area contributed by atoms with Crippen LogP contribution in [-0.2, 0) is 0 Å². The third-order valence-corrected chi connectivity index (χ3v) is 13.0. The fraction of sp³-hybridized carbons (Fsp3) is 0. The molecule has 3 aromatic heterocycles. The molecule has 290 valence electrons. The maximum atomic E-state index is 5.30. The number of benzene rings is 9. The Kier molecular flexibility index (Phi) is 8.65. The topological polar surface area (TPSA) is 43.6 Å². The Hall–Kier alpha value is -7.99. The summed E-state index contributed by atoms with van der Waals surface area (Å²) in [4.78, 5) is 15.7. The number of para-hydroxylation sites is 3. The van der Waals surface area contributed by atoms with E-state index in [2.05, 4.69) is 205 Å². The van der Waals surface area contributed by atoms with Crippen LogP contribution in [-0.4, -0.2) is 19.5 Å². The van der Waals surface area contributed by atoms with Crippen molar-refractivity contribution in [1.29, 1.82) is 0 Å². The van der Waals surface area contributed by atoms with E-state index in [9.17, 15) is 0 Å². The van der Waals surface area contributed by atoms with Crippen molar-refractivity contribution >= 4 is 53.3 Å². The number of aromatic nitrogens is 4. The van der Waals surface area contributed by atoms with E-state index >= 15 is 0 Å². The molecule has 0 aliphatic heterocycles. The van der Waals surface area contributed by atoms with Gasteiger partial charge in [-0.2, -0.15) is 0 Å². The van der Waals surface area contributed by atoms with E-state index in [0.29, 0.717) is 17.5 Å². The Morgan fingerprint density at radius 2 is 0.742 bits per heavy atom. The summed E-state index contributed by atoms with van der Waals surface area (Å²) in [5, 5.41) is 4.82. The van der Waals surface area contributed by atoms with Gasteiger partial charge >= 0.3 is 0 Å². The number of hydrogen-bond acceptors (Lipinski definition) is 4. The zero-order valence-electron chi connectivity index (χ0n) is 33.5. The summed E-state index contributed by atoms with van der Waals surface area (Å²) < 4.78 is 4.82. The van der Waals surface area contributed by atoms with Gasteiger partial charge in [-0.3, -0.25) is 0 Å². The molecule has 12 aromatic rings. The molecule has 9 aromatic carbocycles. The lowest BCUT2D eigenvalue weighted by atomic mass is 9.95. The molecule has 0 amide bonds. The van der Waals surface area contributed by atoms with Crippen LogP contribution in [0.1, 0.15) is 0 Å². The highest BCUT2D eigenvalue weighted by atomic mass is 32.1. The second-order valence-electron chi connectivity index (χ2n) is 15.5. The lowest BCUT2D eigenvalue weighted by Crippen LogP contribution is -2.00. The van der Waals surface area contributed by atoms with Crippen molar-refractivity contribution in [3.63, 3.8) is 0 Å². The van der Waals surface area contributed by atoms with Crippen molar-refractivity contribution in [1.82, 2.24) is 19.5 Å². The summed E-state index contributed by atoms with van der Waals surface area (Å²) in [6.45, 7) is 0. The number of hydrogen-bond donors (Lipinski definition) is 0. The third kappa shape index (κ3) is 6.09. The second-order valence-corrected chi connectivity index (χ2v) is 16.6. The fourth-order valence-electron chi connectivity index (χ4n) is 9.02. The van der Waals surface area contributed by atoms with Crippen molar-refractivity contribution in [2.24, 2.45) is 0 Å². The van der Waals surface area contributed by atoms with Gasteiger partial charge in [0, 0.05) is 53.2 Å². The molecule has 0 saturated heterocycles. The lowest BCUT2D eigenvalue weighted by molar-refractivity contribution is 1.08. The zero-order chi connectivity index (χ0) is 41.0. The minimum absolute atomic E-state index is 0.631. The quantitative estimate of drug-likeness (QED) is 0.161. The summed E-state index contributed by atoms with van der Waals surface area (Å²) in [6.07, 6.45) is 0. The molecule has 3 heterocycles. The van der Waals surface area contributed by atoms with Crippen LogP contribution in [0.25, 0.3) is 115 Å². The van der Waals surface area contributed by atoms with E-state index in [1.54, 1.807) is 0 Å². The van der Waals surface area contributed by atoms with Crippen molar-refractivity contribution < 1.29 is 0 Å². The summed E-state index contributed by atoms with van der Waals surface area (Å²) in [5.41, 5.74) is 13.4. The number of fused-ring (bicyclic) bond motifs is 6. The molecule has 0 N–H and O–H groups in total. The Labute approximate surface area is 362 Å². The molecule has 0 unspecified atom stereocenters. The molecule has 0 bridgehead atoms. The molecule has 4 nitrogen and oxygen atoms in total. The van der Waals surface area contributed by atoms with E-state index in [4.69, 9.17) is 15.0 Å². The molecule has 0 atom stereocenters.